The number of piperidine rings is 1. The molecule has 3 aromatic carbocycles. The Bertz CT molecular complexity index is 874. The predicted octanol–water partition coefficient (Wildman–Crippen LogP) is 6.09. The van der Waals surface area contributed by atoms with Gasteiger partial charge in [0.05, 0.1) is 12.6 Å². The average Bonchev–Trinajstić information content (AvgIpc) is 2.78. The fraction of sp³-hybridized carbons (Fsp3) is 0.333. The van der Waals surface area contributed by atoms with Crippen LogP contribution in [0.3, 0.4) is 0 Å². The Morgan fingerprint density at radius 2 is 1.03 bits per heavy atom. The standard InChI is InChI=1S/C27H31NO/c1-21-7-11-23(12-8-21)27(28-19-5-4-6-20-28,24-13-9-22(2)10-14-24)25-15-17-26(29-3)18-16-25/h7-18H,4-6,19-20H2,1-3H3. The van der Waals surface area contributed by atoms with E-state index in [1.54, 1.807) is 7.11 Å². The summed E-state index contributed by atoms with van der Waals surface area (Å²) in [6.45, 7) is 6.53. The molecule has 0 atom stereocenters. The molecular weight excluding hydrogens is 354 g/mol. The molecule has 1 fully saturated rings. The van der Waals surface area contributed by atoms with Gasteiger partial charge in [0.15, 0.2) is 0 Å². The van der Waals surface area contributed by atoms with Crippen LogP contribution in [0, 0.1) is 13.8 Å². The van der Waals surface area contributed by atoms with Crippen molar-refractivity contribution < 1.29 is 4.74 Å². The minimum absolute atomic E-state index is 0.298. The van der Waals surface area contributed by atoms with Crippen molar-refractivity contribution >= 4 is 0 Å². The van der Waals surface area contributed by atoms with Crippen LogP contribution in [-0.2, 0) is 5.54 Å². The molecule has 0 bridgehead atoms. The molecule has 0 unspecified atom stereocenters. The van der Waals surface area contributed by atoms with Crippen LogP contribution >= 0.6 is 0 Å². The lowest BCUT2D eigenvalue weighted by atomic mass is 9.74. The maximum Gasteiger partial charge on any atom is 0.118 e. The minimum atomic E-state index is -0.298. The lowest BCUT2D eigenvalue weighted by Crippen LogP contribution is -2.50. The lowest BCUT2D eigenvalue weighted by Gasteiger charge is -2.47. The summed E-state index contributed by atoms with van der Waals surface area (Å²) >= 11 is 0. The van der Waals surface area contributed by atoms with Crippen molar-refractivity contribution in [1.82, 2.24) is 4.90 Å². The van der Waals surface area contributed by atoms with E-state index in [0.29, 0.717) is 0 Å². The number of hydrogen-bond acceptors (Lipinski definition) is 2. The van der Waals surface area contributed by atoms with Gasteiger partial charge in [-0.15, -0.1) is 0 Å². The molecule has 1 saturated heterocycles. The molecule has 1 aliphatic heterocycles. The van der Waals surface area contributed by atoms with Gasteiger partial charge in [-0.2, -0.15) is 0 Å². The highest BCUT2D eigenvalue weighted by Gasteiger charge is 2.42. The second kappa shape index (κ2) is 8.42. The number of nitrogens with zero attached hydrogens (tertiary/aromatic N) is 1. The van der Waals surface area contributed by atoms with Crippen LogP contribution in [0.5, 0.6) is 5.75 Å². The van der Waals surface area contributed by atoms with Crippen molar-refractivity contribution in [3.8, 4) is 5.75 Å². The molecule has 3 aromatic rings. The predicted molar refractivity (Wildman–Crippen MR) is 121 cm³/mol. The highest BCUT2D eigenvalue weighted by atomic mass is 16.5. The van der Waals surface area contributed by atoms with Crippen LogP contribution < -0.4 is 4.74 Å². The summed E-state index contributed by atoms with van der Waals surface area (Å²) in [5, 5.41) is 0. The second-order valence-corrected chi connectivity index (χ2v) is 8.22. The number of methoxy groups -OCH3 is 1. The second-order valence-electron chi connectivity index (χ2n) is 8.22. The molecule has 2 heteroatoms. The molecule has 0 N–H and O–H groups in total. The Morgan fingerprint density at radius 3 is 1.45 bits per heavy atom. The Morgan fingerprint density at radius 1 is 0.621 bits per heavy atom. The summed E-state index contributed by atoms with van der Waals surface area (Å²) < 4.78 is 5.46. The van der Waals surface area contributed by atoms with E-state index in [1.807, 2.05) is 0 Å². The molecular formula is C27H31NO. The molecule has 0 saturated carbocycles. The fourth-order valence-electron chi connectivity index (χ4n) is 4.70. The van der Waals surface area contributed by atoms with Gasteiger partial charge >= 0.3 is 0 Å². The zero-order chi connectivity index (χ0) is 20.3. The zero-order valence-corrected chi connectivity index (χ0v) is 17.8. The first-order valence-corrected chi connectivity index (χ1v) is 10.7. The van der Waals surface area contributed by atoms with E-state index in [-0.39, 0.29) is 5.54 Å². The third kappa shape index (κ3) is 3.70. The SMILES string of the molecule is COc1ccc(C(c2ccc(C)cc2)(c2ccc(C)cc2)N2CCCCC2)cc1. The van der Waals surface area contributed by atoms with Crippen molar-refractivity contribution in [3.05, 3.63) is 101 Å². The quantitative estimate of drug-likeness (QED) is 0.493. The van der Waals surface area contributed by atoms with Crippen molar-refractivity contribution in [2.45, 2.75) is 38.6 Å². The molecule has 0 radical (unpaired) electrons. The molecule has 1 aliphatic rings. The molecule has 1 heterocycles. The Kier molecular flexibility index (Phi) is 5.73. The number of benzene rings is 3. The lowest BCUT2D eigenvalue weighted by molar-refractivity contribution is 0.127. The largest absolute Gasteiger partial charge is 0.497 e. The number of hydrogen-bond donors (Lipinski definition) is 0. The number of ether oxygens (including phenoxy) is 1. The van der Waals surface area contributed by atoms with E-state index < -0.39 is 0 Å². The van der Waals surface area contributed by atoms with Crippen molar-refractivity contribution in [2.24, 2.45) is 0 Å². The topological polar surface area (TPSA) is 12.5 Å². The van der Waals surface area contributed by atoms with Crippen LogP contribution in [-0.4, -0.2) is 25.1 Å². The molecule has 0 spiro atoms. The number of likely N-dealkylation sites (tertiary alicyclic amines) is 1. The van der Waals surface area contributed by atoms with Gasteiger partial charge < -0.3 is 4.74 Å². The van der Waals surface area contributed by atoms with Gasteiger partial charge in [-0.1, -0.05) is 78.2 Å². The van der Waals surface area contributed by atoms with Gasteiger partial charge in [-0.05, 0) is 68.6 Å². The number of rotatable bonds is 5. The van der Waals surface area contributed by atoms with Gasteiger partial charge in [-0.25, -0.2) is 0 Å². The third-order valence-corrected chi connectivity index (χ3v) is 6.28. The van der Waals surface area contributed by atoms with E-state index in [1.165, 1.54) is 47.1 Å². The molecule has 4 rings (SSSR count). The monoisotopic (exact) mass is 385 g/mol. The van der Waals surface area contributed by atoms with Crippen LogP contribution in [0.15, 0.2) is 72.8 Å². The van der Waals surface area contributed by atoms with Gasteiger partial charge in [0.25, 0.3) is 0 Å². The van der Waals surface area contributed by atoms with Crippen LogP contribution in [0.1, 0.15) is 47.1 Å². The van der Waals surface area contributed by atoms with Crippen molar-refractivity contribution in [1.29, 1.82) is 0 Å². The summed E-state index contributed by atoms with van der Waals surface area (Å²) in [6, 6.07) is 26.9. The average molecular weight is 386 g/mol. The highest BCUT2D eigenvalue weighted by molar-refractivity contribution is 5.51. The molecule has 0 amide bonds. The summed E-state index contributed by atoms with van der Waals surface area (Å²) in [7, 11) is 1.73. The Hall–Kier alpha value is -2.58. The first-order chi connectivity index (χ1) is 14.1. The van der Waals surface area contributed by atoms with Gasteiger partial charge in [0, 0.05) is 0 Å². The maximum absolute atomic E-state index is 5.46. The summed E-state index contributed by atoms with van der Waals surface area (Å²) in [5.74, 6) is 0.897. The maximum atomic E-state index is 5.46. The van der Waals surface area contributed by atoms with Crippen LogP contribution in [0.25, 0.3) is 0 Å². The van der Waals surface area contributed by atoms with E-state index in [9.17, 15) is 0 Å². The Balaban J connectivity index is 1.99. The summed E-state index contributed by atoms with van der Waals surface area (Å²) in [4.78, 5) is 2.69. The van der Waals surface area contributed by atoms with E-state index in [2.05, 4.69) is 91.5 Å². The van der Waals surface area contributed by atoms with Crippen molar-refractivity contribution in [2.75, 3.05) is 20.2 Å². The molecule has 150 valence electrons. The van der Waals surface area contributed by atoms with Gasteiger partial charge in [-0.3, -0.25) is 4.90 Å². The van der Waals surface area contributed by atoms with E-state index in [4.69, 9.17) is 4.74 Å². The normalized spacial score (nSPS) is 15.3. The summed E-state index contributed by atoms with van der Waals surface area (Å²) in [5.41, 5.74) is 6.25. The zero-order valence-electron chi connectivity index (χ0n) is 17.8. The van der Waals surface area contributed by atoms with Crippen molar-refractivity contribution in [3.63, 3.8) is 0 Å². The molecule has 2 nitrogen and oxygen atoms in total. The third-order valence-electron chi connectivity index (χ3n) is 6.28. The van der Waals surface area contributed by atoms with Gasteiger partial charge in [0.1, 0.15) is 5.75 Å². The molecule has 0 aromatic heterocycles. The molecule has 0 aliphatic carbocycles. The highest BCUT2D eigenvalue weighted by Crippen LogP contribution is 2.44. The smallest absolute Gasteiger partial charge is 0.118 e. The van der Waals surface area contributed by atoms with E-state index >= 15 is 0 Å². The minimum Gasteiger partial charge on any atom is -0.497 e. The number of aryl methyl sites for hydroxylation is 2. The Labute approximate surface area is 175 Å². The van der Waals surface area contributed by atoms with Crippen LogP contribution in [0.4, 0.5) is 0 Å². The van der Waals surface area contributed by atoms with E-state index in [0.717, 1.165) is 18.8 Å². The fourth-order valence-corrected chi connectivity index (χ4v) is 4.70. The summed E-state index contributed by atoms with van der Waals surface area (Å²) in [6.07, 6.45) is 3.81. The molecule has 29 heavy (non-hydrogen) atoms. The first-order valence-electron chi connectivity index (χ1n) is 10.7. The van der Waals surface area contributed by atoms with Crippen LogP contribution in [0.2, 0.25) is 0 Å². The first kappa shape index (κ1) is 19.7. The van der Waals surface area contributed by atoms with Gasteiger partial charge in [0.2, 0.25) is 0 Å².